The first-order valence-electron chi connectivity index (χ1n) is 10.1. The Labute approximate surface area is 181 Å². The molecular formula is C22H26N2O6S. The topological polar surface area (TPSA) is 105 Å². The van der Waals surface area contributed by atoms with E-state index in [2.05, 4.69) is 0 Å². The van der Waals surface area contributed by atoms with Crippen LogP contribution in [-0.4, -0.2) is 61.3 Å². The number of nitrogens with zero attached hydrogens (tertiary/aromatic N) is 2. The molecule has 1 aliphatic heterocycles. The highest BCUT2D eigenvalue weighted by Crippen LogP contribution is 2.20. The number of benzene rings is 1. The summed E-state index contributed by atoms with van der Waals surface area (Å²) in [5.74, 6) is 0.763. The second-order valence-electron chi connectivity index (χ2n) is 7.61. The normalized spacial score (nSPS) is 15.1. The van der Waals surface area contributed by atoms with E-state index in [1.807, 2.05) is 0 Å². The molecule has 0 bridgehead atoms. The maximum Gasteiger partial charge on any atom is 0.243 e. The molecule has 166 valence electrons. The van der Waals surface area contributed by atoms with E-state index < -0.39 is 10.0 Å². The molecule has 1 fully saturated rings. The van der Waals surface area contributed by atoms with Gasteiger partial charge in [-0.05, 0) is 39.0 Å². The quantitative estimate of drug-likeness (QED) is 0.605. The molecule has 1 aliphatic rings. The molecule has 1 aromatic carbocycles. The van der Waals surface area contributed by atoms with Crippen LogP contribution in [0.1, 0.15) is 52.5 Å². The lowest BCUT2D eigenvalue weighted by Crippen LogP contribution is -2.50. The van der Waals surface area contributed by atoms with E-state index >= 15 is 0 Å². The van der Waals surface area contributed by atoms with Gasteiger partial charge in [-0.25, -0.2) is 8.42 Å². The Hall–Kier alpha value is -2.78. The van der Waals surface area contributed by atoms with E-state index in [0.717, 1.165) is 0 Å². The van der Waals surface area contributed by atoms with Crippen molar-refractivity contribution in [2.45, 2.75) is 38.5 Å². The number of aryl methyl sites for hydroxylation is 2. The molecule has 0 spiro atoms. The fourth-order valence-corrected chi connectivity index (χ4v) is 5.08. The lowest BCUT2D eigenvalue weighted by molar-refractivity contribution is -0.132. The van der Waals surface area contributed by atoms with E-state index in [9.17, 15) is 22.8 Å². The summed E-state index contributed by atoms with van der Waals surface area (Å²) >= 11 is 0. The van der Waals surface area contributed by atoms with Gasteiger partial charge in [0.2, 0.25) is 15.9 Å². The summed E-state index contributed by atoms with van der Waals surface area (Å²) in [7, 11) is -3.74. The maximum absolute atomic E-state index is 12.9. The molecular weight excluding hydrogens is 420 g/mol. The van der Waals surface area contributed by atoms with E-state index in [4.69, 9.17) is 4.42 Å². The molecule has 2 heterocycles. The zero-order valence-corrected chi connectivity index (χ0v) is 18.7. The van der Waals surface area contributed by atoms with Gasteiger partial charge in [0.25, 0.3) is 0 Å². The van der Waals surface area contributed by atoms with Crippen LogP contribution in [0.15, 0.2) is 39.6 Å². The Bertz CT molecular complexity index is 1110. The van der Waals surface area contributed by atoms with Crippen LogP contribution >= 0.6 is 0 Å². The van der Waals surface area contributed by atoms with Crippen LogP contribution in [0.3, 0.4) is 0 Å². The van der Waals surface area contributed by atoms with Gasteiger partial charge in [0.1, 0.15) is 11.5 Å². The smallest absolute Gasteiger partial charge is 0.243 e. The van der Waals surface area contributed by atoms with Gasteiger partial charge in [-0.2, -0.15) is 4.31 Å². The molecule has 0 saturated carbocycles. The van der Waals surface area contributed by atoms with Gasteiger partial charge in [0.15, 0.2) is 11.6 Å². The zero-order valence-electron chi connectivity index (χ0n) is 17.9. The number of carbonyl (C=O) groups excluding carboxylic acids is 3. The molecule has 1 saturated heterocycles. The summed E-state index contributed by atoms with van der Waals surface area (Å²) in [6, 6.07) is 7.66. The highest BCUT2D eigenvalue weighted by molar-refractivity contribution is 7.89. The molecule has 2 aromatic rings. The highest BCUT2D eigenvalue weighted by Gasteiger charge is 2.30. The van der Waals surface area contributed by atoms with Crippen molar-refractivity contribution in [3.63, 3.8) is 0 Å². The van der Waals surface area contributed by atoms with E-state index in [0.29, 0.717) is 42.2 Å². The highest BCUT2D eigenvalue weighted by atomic mass is 32.2. The molecule has 0 radical (unpaired) electrons. The second kappa shape index (κ2) is 9.15. The standard InChI is InChI=1S/C22H26N2O6S/c1-15(25)18-5-4-6-20(13-18)31(28,29)24-11-9-23(10-12-24)22(27)8-7-19-14-21(16(2)26)17(3)30-19/h4-6,13-14H,7-12H2,1-3H3. The molecule has 31 heavy (non-hydrogen) atoms. The van der Waals surface area contributed by atoms with Gasteiger partial charge in [-0.15, -0.1) is 0 Å². The lowest BCUT2D eigenvalue weighted by atomic mass is 10.1. The number of hydrogen-bond donors (Lipinski definition) is 0. The van der Waals surface area contributed by atoms with Crippen LogP contribution < -0.4 is 0 Å². The predicted molar refractivity (Wildman–Crippen MR) is 114 cm³/mol. The van der Waals surface area contributed by atoms with Crippen LogP contribution in [0.5, 0.6) is 0 Å². The van der Waals surface area contributed by atoms with Gasteiger partial charge in [0.05, 0.1) is 10.5 Å². The van der Waals surface area contributed by atoms with Crippen LogP contribution in [-0.2, 0) is 21.2 Å². The van der Waals surface area contributed by atoms with Crippen molar-refractivity contribution < 1.29 is 27.2 Å². The summed E-state index contributed by atoms with van der Waals surface area (Å²) in [5.41, 5.74) is 0.867. The minimum atomic E-state index is -3.74. The third-order valence-corrected chi connectivity index (χ3v) is 7.30. The van der Waals surface area contributed by atoms with Crippen LogP contribution in [0, 0.1) is 6.92 Å². The molecule has 1 amide bonds. The van der Waals surface area contributed by atoms with Crippen molar-refractivity contribution in [1.82, 2.24) is 9.21 Å². The van der Waals surface area contributed by atoms with E-state index in [1.165, 1.54) is 30.3 Å². The summed E-state index contributed by atoms with van der Waals surface area (Å²) < 4.78 is 32.7. The number of amides is 1. The average molecular weight is 447 g/mol. The van der Waals surface area contributed by atoms with Crippen molar-refractivity contribution in [3.8, 4) is 0 Å². The number of sulfonamides is 1. The van der Waals surface area contributed by atoms with Gasteiger partial charge < -0.3 is 9.32 Å². The van der Waals surface area contributed by atoms with Crippen LogP contribution in [0.4, 0.5) is 0 Å². The number of carbonyl (C=O) groups is 3. The molecule has 0 atom stereocenters. The summed E-state index contributed by atoms with van der Waals surface area (Å²) in [5, 5.41) is 0. The number of rotatable bonds is 7. The molecule has 0 aliphatic carbocycles. The summed E-state index contributed by atoms with van der Waals surface area (Å²) in [6.45, 7) is 5.53. The van der Waals surface area contributed by atoms with Crippen molar-refractivity contribution in [2.75, 3.05) is 26.2 Å². The first-order valence-corrected chi connectivity index (χ1v) is 11.5. The second-order valence-corrected chi connectivity index (χ2v) is 9.55. The summed E-state index contributed by atoms with van der Waals surface area (Å²) in [6.07, 6.45) is 0.598. The fraction of sp³-hybridized carbons (Fsp3) is 0.409. The lowest BCUT2D eigenvalue weighted by Gasteiger charge is -2.34. The molecule has 9 heteroatoms. The minimum absolute atomic E-state index is 0.0782. The average Bonchev–Trinajstić information content (AvgIpc) is 3.13. The van der Waals surface area contributed by atoms with Crippen LogP contribution in [0.2, 0.25) is 0 Å². The van der Waals surface area contributed by atoms with Gasteiger partial charge in [0, 0.05) is 44.6 Å². The zero-order chi connectivity index (χ0) is 22.8. The monoisotopic (exact) mass is 446 g/mol. The van der Waals surface area contributed by atoms with Gasteiger partial charge >= 0.3 is 0 Å². The van der Waals surface area contributed by atoms with E-state index in [1.54, 1.807) is 30.0 Å². The van der Waals surface area contributed by atoms with Crippen LogP contribution in [0.25, 0.3) is 0 Å². The number of ketones is 2. The van der Waals surface area contributed by atoms with Gasteiger partial charge in [-0.3, -0.25) is 14.4 Å². The Morgan fingerprint density at radius 1 is 1.00 bits per heavy atom. The Kier molecular flexibility index (Phi) is 6.76. The van der Waals surface area contributed by atoms with Crippen molar-refractivity contribution >= 4 is 27.5 Å². The largest absolute Gasteiger partial charge is 0.466 e. The minimum Gasteiger partial charge on any atom is -0.466 e. The Balaban J connectivity index is 1.58. The number of Topliss-reactive ketones (excluding diaryl/α,β-unsaturated/α-hetero) is 2. The van der Waals surface area contributed by atoms with Crippen molar-refractivity contribution in [3.05, 3.63) is 53.0 Å². The third kappa shape index (κ3) is 5.11. The third-order valence-electron chi connectivity index (χ3n) is 5.40. The molecule has 1 aromatic heterocycles. The molecule has 3 rings (SSSR count). The number of piperazine rings is 1. The number of furan rings is 1. The first kappa shape index (κ1) is 22.9. The SMILES string of the molecule is CC(=O)c1cccc(S(=O)(=O)N2CCN(C(=O)CCc3cc(C(C)=O)c(C)o3)CC2)c1. The predicted octanol–water partition coefficient (Wildman–Crippen LogP) is 2.46. The van der Waals surface area contributed by atoms with E-state index in [-0.39, 0.29) is 41.9 Å². The summed E-state index contributed by atoms with van der Waals surface area (Å²) in [4.78, 5) is 37.4. The molecule has 8 nitrogen and oxygen atoms in total. The van der Waals surface area contributed by atoms with Crippen molar-refractivity contribution in [2.24, 2.45) is 0 Å². The van der Waals surface area contributed by atoms with Crippen molar-refractivity contribution in [1.29, 1.82) is 0 Å². The molecule has 0 unspecified atom stereocenters. The first-order chi connectivity index (χ1) is 14.6. The fourth-order valence-electron chi connectivity index (χ4n) is 3.61. The van der Waals surface area contributed by atoms with Gasteiger partial charge in [-0.1, -0.05) is 12.1 Å². The Morgan fingerprint density at radius 3 is 2.26 bits per heavy atom. The maximum atomic E-state index is 12.9. The Morgan fingerprint density at radius 2 is 1.68 bits per heavy atom. The molecule has 0 N–H and O–H groups in total. The number of hydrogen-bond acceptors (Lipinski definition) is 6.